The van der Waals surface area contributed by atoms with Gasteiger partial charge in [0.15, 0.2) is 0 Å². The summed E-state index contributed by atoms with van der Waals surface area (Å²) in [4.78, 5) is 15.1. The fourth-order valence-electron chi connectivity index (χ4n) is 3.90. The van der Waals surface area contributed by atoms with Crippen molar-refractivity contribution in [3.63, 3.8) is 0 Å². The standard InChI is InChI=1S/C22H26N2O2/c1-2-16-3-6-18(7-4-16)20-15-23-10-11-24(20)22(25)14-17-5-8-21-19(13-17)9-12-26-21/h3-8,13,20,23H,2,9-12,14-15H2,1H3. The minimum atomic E-state index is 0.111. The molecule has 4 nitrogen and oxygen atoms in total. The first-order valence-corrected chi connectivity index (χ1v) is 9.58. The Morgan fingerprint density at radius 2 is 2.00 bits per heavy atom. The Labute approximate surface area is 155 Å². The predicted molar refractivity (Wildman–Crippen MR) is 102 cm³/mol. The predicted octanol–water partition coefficient (Wildman–Crippen LogP) is 2.90. The molecular formula is C22H26N2O2. The molecule has 1 amide bonds. The monoisotopic (exact) mass is 350 g/mol. The van der Waals surface area contributed by atoms with Crippen LogP contribution in [0, 0.1) is 0 Å². The molecule has 1 saturated heterocycles. The Morgan fingerprint density at radius 3 is 2.81 bits per heavy atom. The van der Waals surface area contributed by atoms with Gasteiger partial charge < -0.3 is 15.0 Å². The highest BCUT2D eigenvalue weighted by molar-refractivity contribution is 5.79. The molecule has 0 saturated carbocycles. The van der Waals surface area contributed by atoms with Crippen LogP contribution in [0.2, 0.25) is 0 Å². The normalized spacial score (nSPS) is 19.1. The highest BCUT2D eigenvalue weighted by Crippen LogP contribution is 2.27. The van der Waals surface area contributed by atoms with Gasteiger partial charge in [0.25, 0.3) is 0 Å². The molecule has 2 heterocycles. The van der Waals surface area contributed by atoms with E-state index < -0.39 is 0 Å². The SMILES string of the molecule is CCc1ccc(C2CNCCN2C(=O)Cc2ccc3c(c2)CCO3)cc1. The molecule has 4 rings (SSSR count). The number of nitrogens with one attached hydrogen (secondary N) is 1. The van der Waals surface area contributed by atoms with Gasteiger partial charge in [0.05, 0.1) is 19.1 Å². The van der Waals surface area contributed by atoms with Gasteiger partial charge in [-0.25, -0.2) is 0 Å². The van der Waals surface area contributed by atoms with Crippen molar-refractivity contribution >= 4 is 5.91 Å². The van der Waals surface area contributed by atoms with E-state index in [4.69, 9.17) is 4.74 Å². The summed E-state index contributed by atoms with van der Waals surface area (Å²) in [5, 5.41) is 3.43. The second-order valence-electron chi connectivity index (χ2n) is 7.12. The van der Waals surface area contributed by atoms with Crippen molar-refractivity contribution in [2.45, 2.75) is 32.2 Å². The molecule has 0 bridgehead atoms. The lowest BCUT2D eigenvalue weighted by atomic mass is 9.99. The Bertz CT molecular complexity index is 785. The minimum absolute atomic E-state index is 0.111. The Balaban J connectivity index is 1.50. The first kappa shape index (κ1) is 17.1. The summed E-state index contributed by atoms with van der Waals surface area (Å²) in [6.07, 6.45) is 2.43. The number of rotatable bonds is 4. The molecule has 0 aliphatic carbocycles. The quantitative estimate of drug-likeness (QED) is 0.922. The van der Waals surface area contributed by atoms with Crippen LogP contribution in [-0.2, 0) is 24.1 Å². The lowest BCUT2D eigenvalue weighted by Crippen LogP contribution is -2.49. The summed E-state index contributed by atoms with van der Waals surface area (Å²) >= 11 is 0. The lowest BCUT2D eigenvalue weighted by molar-refractivity contribution is -0.133. The highest BCUT2D eigenvalue weighted by atomic mass is 16.5. The summed E-state index contributed by atoms with van der Waals surface area (Å²) in [7, 11) is 0. The summed E-state index contributed by atoms with van der Waals surface area (Å²) < 4.78 is 5.56. The van der Waals surface area contributed by atoms with Crippen molar-refractivity contribution in [3.05, 3.63) is 64.7 Å². The van der Waals surface area contributed by atoms with Crippen LogP contribution >= 0.6 is 0 Å². The summed E-state index contributed by atoms with van der Waals surface area (Å²) in [5.41, 5.74) is 4.85. The number of carbonyl (C=O) groups excluding carboxylic acids is 1. The van der Waals surface area contributed by atoms with E-state index in [1.165, 1.54) is 16.7 Å². The molecule has 1 unspecified atom stereocenters. The van der Waals surface area contributed by atoms with Gasteiger partial charge in [0, 0.05) is 26.1 Å². The van der Waals surface area contributed by atoms with Crippen molar-refractivity contribution < 1.29 is 9.53 Å². The maximum atomic E-state index is 13.0. The zero-order valence-corrected chi connectivity index (χ0v) is 15.3. The Hall–Kier alpha value is -2.33. The number of ether oxygens (including phenoxy) is 1. The van der Waals surface area contributed by atoms with Gasteiger partial charge in [-0.1, -0.05) is 43.3 Å². The smallest absolute Gasteiger partial charge is 0.227 e. The van der Waals surface area contributed by atoms with E-state index in [9.17, 15) is 4.79 Å². The van der Waals surface area contributed by atoms with Crippen molar-refractivity contribution in [1.82, 2.24) is 10.2 Å². The fourth-order valence-corrected chi connectivity index (χ4v) is 3.90. The first-order chi connectivity index (χ1) is 12.7. The van der Waals surface area contributed by atoms with Crippen molar-refractivity contribution in [2.75, 3.05) is 26.2 Å². The van der Waals surface area contributed by atoms with Gasteiger partial charge in [0.1, 0.15) is 5.75 Å². The largest absolute Gasteiger partial charge is 0.493 e. The van der Waals surface area contributed by atoms with Crippen LogP contribution in [0.4, 0.5) is 0 Å². The summed E-state index contributed by atoms with van der Waals surface area (Å²) in [5.74, 6) is 1.17. The maximum absolute atomic E-state index is 13.0. The molecule has 136 valence electrons. The van der Waals surface area contributed by atoms with Crippen LogP contribution in [0.5, 0.6) is 5.75 Å². The van der Waals surface area contributed by atoms with E-state index in [1.807, 2.05) is 17.0 Å². The van der Waals surface area contributed by atoms with Crippen molar-refractivity contribution in [1.29, 1.82) is 0 Å². The van der Waals surface area contributed by atoms with Crippen LogP contribution in [0.15, 0.2) is 42.5 Å². The highest BCUT2D eigenvalue weighted by Gasteiger charge is 2.28. The molecule has 0 spiro atoms. The molecule has 4 heteroatoms. The number of amides is 1. The summed E-state index contributed by atoms with van der Waals surface area (Å²) in [6, 6.07) is 15.0. The van der Waals surface area contributed by atoms with E-state index >= 15 is 0 Å². The van der Waals surface area contributed by atoms with E-state index in [-0.39, 0.29) is 11.9 Å². The molecule has 0 radical (unpaired) electrons. The van der Waals surface area contributed by atoms with Crippen LogP contribution < -0.4 is 10.1 Å². The zero-order valence-electron chi connectivity index (χ0n) is 15.3. The van der Waals surface area contributed by atoms with Crippen LogP contribution in [0.25, 0.3) is 0 Å². The second-order valence-corrected chi connectivity index (χ2v) is 7.12. The number of nitrogens with zero attached hydrogens (tertiary/aromatic N) is 1. The molecule has 0 aromatic heterocycles. The van der Waals surface area contributed by atoms with Crippen molar-refractivity contribution in [3.8, 4) is 5.75 Å². The maximum Gasteiger partial charge on any atom is 0.227 e. The number of benzene rings is 2. The van der Waals surface area contributed by atoms with Gasteiger partial charge in [0.2, 0.25) is 5.91 Å². The minimum Gasteiger partial charge on any atom is -0.493 e. The number of hydrogen-bond donors (Lipinski definition) is 1. The molecule has 1 atom stereocenters. The van der Waals surface area contributed by atoms with E-state index in [2.05, 4.69) is 42.6 Å². The molecule has 1 N–H and O–H groups in total. The molecule has 26 heavy (non-hydrogen) atoms. The van der Waals surface area contributed by atoms with Gasteiger partial charge in [-0.05, 0) is 34.7 Å². The Kier molecular flexibility index (Phi) is 4.93. The number of aryl methyl sites for hydroxylation is 1. The topological polar surface area (TPSA) is 41.6 Å². The third kappa shape index (κ3) is 3.47. The Morgan fingerprint density at radius 1 is 1.19 bits per heavy atom. The molecule has 2 aliphatic heterocycles. The van der Waals surface area contributed by atoms with Crippen LogP contribution in [-0.4, -0.2) is 37.0 Å². The van der Waals surface area contributed by atoms with E-state index in [1.54, 1.807) is 0 Å². The fraction of sp³-hybridized carbons (Fsp3) is 0.409. The molecule has 1 fully saturated rings. The van der Waals surface area contributed by atoms with Gasteiger partial charge in [-0.15, -0.1) is 0 Å². The van der Waals surface area contributed by atoms with E-state index in [0.717, 1.165) is 50.4 Å². The molecule has 2 aromatic rings. The van der Waals surface area contributed by atoms with Gasteiger partial charge in [-0.2, -0.15) is 0 Å². The number of piperazine rings is 1. The molecular weight excluding hydrogens is 324 g/mol. The van der Waals surface area contributed by atoms with Crippen LogP contribution in [0.3, 0.4) is 0 Å². The lowest BCUT2D eigenvalue weighted by Gasteiger charge is -2.37. The van der Waals surface area contributed by atoms with Crippen LogP contribution in [0.1, 0.15) is 35.2 Å². The first-order valence-electron chi connectivity index (χ1n) is 9.58. The zero-order chi connectivity index (χ0) is 17.9. The van der Waals surface area contributed by atoms with Gasteiger partial charge in [-0.3, -0.25) is 4.79 Å². The van der Waals surface area contributed by atoms with Crippen molar-refractivity contribution in [2.24, 2.45) is 0 Å². The molecule has 2 aromatic carbocycles. The van der Waals surface area contributed by atoms with Gasteiger partial charge >= 0.3 is 0 Å². The average molecular weight is 350 g/mol. The van der Waals surface area contributed by atoms with E-state index in [0.29, 0.717) is 6.42 Å². The third-order valence-electron chi connectivity index (χ3n) is 5.45. The number of carbonyl (C=O) groups is 1. The number of hydrogen-bond acceptors (Lipinski definition) is 3. The summed E-state index contributed by atoms with van der Waals surface area (Å²) in [6.45, 7) is 5.34. The third-order valence-corrected chi connectivity index (χ3v) is 5.45. The average Bonchev–Trinajstić information content (AvgIpc) is 3.16. The second kappa shape index (κ2) is 7.50. The number of fused-ring (bicyclic) bond motifs is 1. The molecule has 2 aliphatic rings.